The molecule has 1 atom stereocenters. The van der Waals surface area contributed by atoms with Crippen LogP contribution in [0.15, 0.2) is 30.0 Å². The number of nitrogens with zero attached hydrogens (tertiary/aromatic N) is 1. The number of rotatable bonds is 5. The number of ether oxygens (including phenoxy) is 1. The number of amides is 1. The van der Waals surface area contributed by atoms with Gasteiger partial charge in [-0.05, 0) is 25.5 Å². The zero-order valence-electron chi connectivity index (χ0n) is 11.5. The Hall–Kier alpha value is -1.91. The number of hydrogen-bond acceptors (Lipinski definition) is 2. The first kappa shape index (κ1) is 14.5. The summed E-state index contributed by atoms with van der Waals surface area (Å²) in [5.41, 5.74) is 0. The first-order chi connectivity index (χ1) is 9.52. The average Bonchev–Trinajstić information content (AvgIpc) is 2.75. The van der Waals surface area contributed by atoms with E-state index >= 15 is 0 Å². The van der Waals surface area contributed by atoms with Gasteiger partial charge in [-0.15, -0.1) is 0 Å². The fourth-order valence-corrected chi connectivity index (χ4v) is 2.23. The van der Waals surface area contributed by atoms with Crippen LogP contribution in [0.25, 0.3) is 0 Å². The lowest BCUT2D eigenvalue weighted by Crippen LogP contribution is -2.35. The molecule has 5 heteroatoms. The predicted octanol–water partition coefficient (Wildman–Crippen LogP) is 3.26. The molecule has 1 heterocycles. The second-order valence-corrected chi connectivity index (χ2v) is 4.87. The summed E-state index contributed by atoms with van der Waals surface area (Å²) in [6.07, 6.45) is 3.13. The highest BCUT2D eigenvalue weighted by atomic mass is 19.1. The molecule has 1 aromatic carbocycles. The molecule has 0 bridgehead atoms. The highest BCUT2D eigenvalue weighted by molar-refractivity contribution is 5.91. The van der Waals surface area contributed by atoms with Crippen LogP contribution < -0.4 is 4.74 Å². The van der Waals surface area contributed by atoms with E-state index in [0.29, 0.717) is 0 Å². The summed E-state index contributed by atoms with van der Waals surface area (Å²) in [6.45, 7) is 4.23. The SMILES string of the molecule is CCCC(C)N1CC(Oc2c(F)cccc2F)=CC1=O. The average molecular weight is 281 g/mol. The molecule has 0 spiro atoms. The summed E-state index contributed by atoms with van der Waals surface area (Å²) in [4.78, 5) is 13.5. The van der Waals surface area contributed by atoms with E-state index in [-0.39, 0.29) is 24.3 Å². The topological polar surface area (TPSA) is 29.5 Å². The Kier molecular flexibility index (Phi) is 4.37. The van der Waals surface area contributed by atoms with Gasteiger partial charge in [0.05, 0.1) is 6.54 Å². The van der Waals surface area contributed by atoms with Crippen LogP contribution in [0.2, 0.25) is 0 Å². The number of halogens is 2. The van der Waals surface area contributed by atoms with Crippen molar-refractivity contribution in [3.63, 3.8) is 0 Å². The lowest BCUT2D eigenvalue weighted by atomic mass is 10.2. The summed E-state index contributed by atoms with van der Waals surface area (Å²) in [5, 5.41) is 0. The van der Waals surface area contributed by atoms with Crippen molar-refractivity contribution >= 4 is 5.91 Å². The molecule has 2 rings (SSSR count). The van der Waals surface area contributed by atoms with Gasteiger partial charge in [0.25, 0.3) is 5.91 Å². The minimum atomic E-state index is -0.779. The third-order valence-corrected chi connectivity index (χ3v) is 3.28. The van der Waals surface area contributed by atoms with Crippen LogP contribution in [0.3, 0.4) is 0 Å². The lowest BCUT2D eigenvalue weighted by molar-refractivity contribution is -0.126. The first-order valence-corrected chi connectivity index (χ1v) is 6.66. The predicted molar refractivity (Wildman–Crippen MR) is 71.2 cm³/mol. The fraction of sp³-hybridized carbons (Fsp3) is 0.400. The minimum Gasteiger partial charge on any atom is -0.453 e. The Labute approximate surface area is 116 Å². The largest absolute Gasteiger partial charge is 0.453 e. The van der Waals surface area contributed by atoms with E-state index in [1.54, 1.807) is 4.90 Å². The van der Waals surface area contributed by atoms with Gasteiger partial charge in [0.15, 0.2) is 17.4 Å². The number of carbonyl (C=O) groups is 1. The fourth-order valence-electron chi connectivity index (χ4n) is 2.23. The van der Waals surface area contributed by atoms with E-state index in [9.17, 15) is 13.6 Å². The molecule has 0 saturated carbocycles. The van der Waals surface area contributed by atoms with Gasteiger partial charge < -0.3 is 9.64 Å². The van der Waals surface area contributed by atoms with Crippen LogP contribution >= 0.6 is 0 Å². The van der Waals surface area contributed by atoms with Crippen LogP contribution in [-0.2, 0) is 4.79 Å². The van der Waals surface area contributed by atoms with E-state index in [1.165, 1.54) is 12.1 Å². The van der Waals surface area contributed by atoms with Gasteiger partial charge in [-0.2, -0.15) is 0 Å². The minimum absolute atomic E-state index is 0.0790. The molecule has 1 aromatic rings. The molecule has 0 N–H and O–H groups in total. The normalized spacial score (nSPS) is 16.3. The molecule has 0 saturated heterocycles. The van der Waals surface area contributed by atoms with E-state index in [1.807, 2.05) is 13.8 Å². The molecule has 20 heavy (non-hydrogen) atoms. The van der Waals surface area contributed by atoms with E-state index in [2.05, 4.69) is 0 Å². The van der Waals surface area contributed by atoms with E-state index in [4.69, 9.17) is 4.74 Å². The molecular weight excluding hydrogens is 264 g/mol. The van der Waals surface area contributed by atoms with E-state index in [0.717, 1.165) is 25.0 Å². The van der Waals surface area contributed by atoms with Crippen LogP contribution in [0.5, 0.6) is 5.75 Å². The molecule has 0 aromatic heterocycles. The highest BCUT2D eigenvalue weighted by Gasteiger charge is 2.27. The number of hydrogen-bond donors (Lipinski definition) is 0. The number of benzene rings is 1. The molecule has 0 aliphatic carbocycles. The maximum Gasteiger partial charge on any atom is 0.250 e. The van der Waals surface area contributed by atoms with Crippen molar-refractivity contribution in [2.45, 2.75) is 32.7 Å². The Morgan fingerprint density at radius 3 is 2.60 bits per heavy atom. The van der Waals surface area contributed by atoms with Gasteiger partial charge in [0, 0.05) is 12.1 Å². The molecule has 1 aliphatic rings. The van der Waals surface area contributed by atoms with Crippen LogP contribution in [0.4, 0.5) is 8.78 Å². The lowest BCUT2D eigenvalue weighted by Gasteiger charge is -2.24. The molecule has 1 aliphatic heterocycles. The summed E-state index contributed by atoms with van der Waals surface area (Å²) in [7, 11) is 0. The van der Waals surface area contributed by atoms with Gasteiger partial charge in [0.1, 0.15) is 5.76 Å². The summed E-state index contributed by atoms with van der Waals surface area (Å²) < 4.78 is 32.2. The zero-order chi connectivity index (χ0) is 14.7. The van der Waals surface area contributed by atoms with Gasteiger partial charge in [0.2, 0.25) is 0 Å². The Bertz CT molecular complexity index is 522. The Balaban J connectivity index is 2.09. The summed E-state index contributed by atoms with van der Waals surface area (Å²) >= 11 is 0. The summed E-state index contributed by atoms with van der Waals surface area (Å²) in [5.74, 6) is -1.94. The molecular formula is C15H17F2NO2. The Morgan fingerprint density at radius 1 is 1.35 bits per heavy atom. The molecule has 1 unspecified atom stereocenters. The van der Waals surface area contributed by atoms with Gasteiger partial charge in [-0.3, -0.25) is 4.79 Å². The second kappa shape index (κ2) is 6.03. The van der Waals surface area contributed by atoms with Crippen molar-refractivity contribution in [3.05, 3.63) is 41.7 Å². The van der Waals surface area contributed by atoms with Crippen LogP contribution in [0.1, 0.15) is 26.7 Å². The maximum atomic E-state index is 13.5. The van der Waals surface area contributed by atoms with Crippen molar-refractivity contribution < 1.29 is 18.3 Å². The van der Waals surface area contributed by atoms with Gasteiger partial charge in [-0.1, -0.05) is 19.4 Å². The smallest absolute Gasteiger partial charge is 0.250 e. The molecule has 0 radical (unpaired) electrons. The third kappa shape index (κ3) is 2.98. The standard InChI is InChI=1S/C15H17F2NO2/c1-3-5-10(2)18-9-11(8-14(18)19)20-15-12(16)6-4-7-13(15)17/h4,6-8,10H,3,5,9H2,1-2H3. The maximum absolute atomic E-state index is 13.5. The molecule has 1 amide bonds. The number of carbonyl (C=O) groups excluding carboxylic acids is 1. The van der Waals surface area contributed by atoms with Gasteiger partial charge >= 0.3 is 0 Å². The van der Waals surface area contributed by atoms with Crippen LogP contribution in [0, 0.1) is 11.6 Å². The Morgan fingerprint density at radius 2 is 2.00 bits per heavy atom. The number of para-hydroxylation sites is 1. The quantitative estimate of drug-likeness (QED) is 0.829. The van der Waals surface area contributed by atoms with Crippen molar-refractivity contribution in [1.29, 1.82) is 0 Å². The first-order valence-electron chi connectivity index (χ1n) is 6.66. The second-order valence-electron chi connectivity index (χ2n) is 4.87. The van der Waals surface area contributed by atoms with Crippen molar-refractivity contribution in [1.82, 2.24) is 4.90 Å². The third-order valence-electron chi connectivity index (χ3n) is 3.28. The zero-order valence-corrected chi connectivity index (χ0v) is 11.5. The van der Waals surface area contributed by atoms with Crippen LogP contribution in [-0.4, -0.2) is 23.4 Å². The summed E-state index contributed by atoms with van der Waals surface area (Å²) in [6, 6.07) is 3.58. The molecule has 0 fully saturated rings. The highest BCUT2D eigenvalue weighted by Crippen LogP contribution is 2.26. The van der Waals surface area contributed by atoms with E-state index < -0.39 is 17.4 Å². The monoisotopic (exact) mass is 281 g/mol. The van der Waals surface area contributed by atoms with Crippen molar-refractivity contribution in [2.24, 2.45) is 0 Å². The van der Waals surface area contributed by atoms with Crippen molar-refractivity contribution in [3.8, 4) is 5.75 Å². The molecule has 108 valence electrons. The molecule has 3 nitrogen and oxygen atoms in total. The van der Waals surface area contributed by atoms with Crippen molar-refractivity contribution in [2.75, 3.05) is 6.54 Å². The van der Waals surface area contributed by atoms with Gasteiger partial charge in [-0.25, -0.2) is 8.78 Å².